The van der Waals surface area contributed by atoms with Crippen molar-refractivity contribution < 1.29 is 0 Å². The van der Waals surface area contributed by atoms with E-state index >= 15 is 0 Å². The highest BCUT2D eigenvalue weighted by molar-refractivity contribution is 6.37. The van der Waals surface area contributed by atoms with Crippen LogP contribution in [0.2, 0.25) is 19.0 Å². The Morgan fingerprint density at radius 1 is 1.19 bits per heavy atom. The standard InChI is InChI=1S/C16H27B2N3/c1-16(2,18-4)9-13-11-5-7-14-15(8-6-12(11)13)21(10-17-3)20-19-14/h11-13H,5-10H2,1-4H3/t11-,12+,13-/m1/s1. The van der Waals surface area contributed by atoms with E-state index in [4.69, 9.17) is 0 Å². The van der Waals surface area contributed by atoms with Crippen LogP contribution >= 0.6 is 0 Å². The van der Waals surface area contributed by atoms with E-state index in [1.165, 1.54) is 37.1 Å². The molecule has 0 aliphatic heterocycles. The summed E-state index contributed by atoms with van der Waals surface area (Å²) in [6, 6.07) is 0. The monoisotopic (exact) mass is 283 g/mol. The largest absolute Gasteiger partial charge is 0.257 e. The molecule has 1 aromatic heterocycles. The smallest absolute Gasteiger partial charge is 0.135 e. The van der Waals surface area contributed by atoms with Crippen molar-refractivity contribution >= 4 is 14.6 Å². The van der Waals surface area contributed by atoms with Crippen LogP contribution in [0, 0.1) is 17.8 Å². The van der Waals surface area contributed by atoms with E-state index < -0.39 is 0 Å². The van der Waals surface area contributed by atoms with Gasteiger partial charge in [0.05, 0.1) is 11.4 Å². The predicted molar refractivity (Wildman–Crippen MR) is 89.0 cm³/mol. The average molecular weight is 283 g/mol. The van der Waals surface area contributed by atoms with Crippen molar-refractivity contribution in [2.24, 2.45) is 17.8 Å². The minimum absolute atomic E-state index is 0.394. The van der Waals surface area contributed by atoms with Crippen molar-refractivity contribution in [3.8, 4) is 0 Å². The quantitative estimate of drug-likeness (QED) is 0.777. The summed E-state index contributed by atoms with van der Waals surface area (Å²) in [4.78, 5) is 0. The maximum Gasteiger partial charge on any atom is 0.135 e. The summed E-state index contributed by atoms with van der Waals surface area (Å²) < 4.78 is 2.11. The van der Waals surface area contributed by atoms with E-state index in [1.54, 1.807) is 0 Å². The molecular weight excluding hydrogens is 256 g/mol. The molecule has 5 heteroatoms. The fraction of sp³-hybridized carbons (Fsp3) is 0.875. The van der Waals surface area contributed by atoms with Gasteiger partial charge >= 0.3 is 0 Å². The van der Waals surface area contributed by atoms with E-state index in [-0.39, 0.29) is 0 Å². The van der Waals surface area contributed by atoms with E-state index in [9.17, 15) is 0 Å². The van der Waals surface area contributed by atoms with Gasteiger partial charge in [0.1, 0.15) is 14.6 Å². The third-order valence-electron chi connectivity index (χ3n) is 5.75. The molecule has 3 rings (SSSR count). The van der Waals surface area contributed by atoms with Crippen LogP contribution in [0.25, 0.3) is 0 Å². The van der Waals surface area contributed by atoms with Gasteiger partial charge in [-0.15, -0.1) is 5.10 Å². The van der Waals surface area contributed by atoms with Crippen molar-refractivity contribution in [3.05, 3.63) is 11.4 Å². The molecule has 0 aromatic carbocycles. The molecular formula is C16H27B2N3. The number of hydrogen-bond acceptors (Lipinski definition) is 2. The second-order valence-electron chi connectivity index (χ2n) is 7.62. The lowest BCUT2D eigenvalue weighted by atomic mass is 9.54. The predicted octanol–water partition coefficient (Wildman–Crippen LogP) is 3.07. The lowest BCUT2D eigenvalue weighted by Crippen LogP contribution is -2.11. The van der Waals surface area contributed by atoms with Gasteiger partial charge in [0.15, 0.2) is 0 Å². The van der Waals surface area contributed by atoms with Gasteiger partial charge in [-0.3, -0.25) is 4.68 Å². The summed E-state index contributed by atoms with van der Waals surface area (Å²) in [5, 5.41) is 9.16. The van der Waals surface area contributed by atoms with Crippen LogP contribution in [-0.2, 0) is 19.3 Å². The van der Waals surface area contributed by atoms with Gasteiger partial charge in [0, 0.05) is 6.44 Å². The Balaban J connectivity index is 1.66. The Kier molecular flexibility index (Phi) is 4.20. The number of hydrogen-bond donors (Lipinski definition) is 0. The van der Waals surface area contributed by atoms with Gasteiger partial charge in [-0.05, 0) is 43.4 Å². The van der Waals surface area contributed by atoms with Gasteiger partial charge in [0.25, 0.3) is 0 Å². The van der Waals surface area contributed by atoms with Crippen molar-refractivity contribution in [3.63, 3.8) is 0 Å². The molecule has 1 saturated carbocycles. The van der Waals surface area contributed by atoms with Crippen LogP contribution in [0.15, 0.2) is 0 Å². The Morgan fingerprint density at radius 2 is 1.90 bits per heavy atom. The first kappa shape index (κ1) is 15.2. The zero-order chi connectivity index (χ0) is 15.0. The highest BCUT2D eigenvalue weighted by Crippen LogP contribution is 2.58. The van der Waals surface area contributed by atoms with E-state index in [0.717, 1.165) is 30.6 Å². The molecule has 2 aliphatic rings. The third kappa shape index (κ3) is 3.07. The van der Waals surface area contributed by atoms with Crippen LogP contribution in [0.5, 0.6) is 0 Å². The lowest BCUT2D eigenvalue weighted by Gasteiger charge is -2.22. The Bertz CT molecular complexity index is 498. The normalized spacial score (nSPS) is 28.1. The van der Waals surface area contributed by atoms with Crippen molar-refractivity contribution in [2.75, 3.05) is 0 Å². The Labute approximate surface area is 130 Å². The Hall–Kier alpha value is -0.730. The molecule has 3 atom stereocenters. The lowest BCUT2D eigenvalue weighted by molar-refractivity contribution is 0.505. The summed E-state index contributed by atoms with van der Waals surface area (Å²) in [5.41, 5.74) is 2.67. The summed E-state index contributed by atoms with van der Waals surface area (Å²) >= 11 is 0. The number of fused-ring (bicyclic) bond motifs is 2. The van der Waals surface area contributed by atoms with Crippen molar-refractivity contribution in [1.82, 2.24) is 15.0 Å². The zero-order valence-corrected chi connectivity index (χ0v) is 14.0. The molecule has 0 bridgehead atoms. The fourth-order valence-electron chi connectivity index (χ4n) is 4.17. The topological polar surface area (TPSA) is 30.7 Å². The molecule has 21 heavy (non-hydrogen) atoms. The van der Waals surface area contributed by atoms with Crippen LogP contribution in [0.4, 0.5) is 0 Å². The zero-order valence-electron chi connectivity index (χ0n) is 14.0. The van der Waals surface area contributed by atoms with Crippen LogP contribution in [-0.4, -0.2) is 29.6 Å². The second kappa shape index (κ2) is 5.81. The number of nitrogens with zero attached hydrogens (tertiary/aromatic N) is 3. The molecule has 3 nitrogen and oxygen atoms in total. The van der Waals surface area contributed by atoms with Gasteiger partial charge in [-0.2, -0.15) is 0 Å². The molecule has 0 amide bonds. The van der Waals surface area contributed by atoms with Gasteiger partial charge in [-0.1, -0.05) is 44.4 Å². The number of rotatable bonds is 5. The van der Waals surface area contributed by atoms with Crippen molar-refractivity contribution in [2.45, 2.75) is 71.4 Å². The maximum absolute atomic E-state index is 4.43. The van der Waals surface area contributed by atoms with Gasteiger partial charge in [0.2, 0.25) is 0 Å². The minimum atomic E-state index is 0.394. The van der Waals surface area contributed by atoms with E-state index in [1.807, 2.05) is 0 Å². The SMILES string of the molecule is C[B]Cn1nnc2c1CC[C@H]1[C@@H](CC2)[C@H]1CC(C)(C)[B]C. The van der Waals surface area contributed by atoms with Crippen LogP contribution in [0.1, 0.15) is 44.5 Å². The number of aromatic nitrogens is 3. The van der Waals surface area contributed by atoms with Crippen molar-refractivity contribution in [1.29, 1.82) is 0 Å². The second-order valence-corrected chi connectivity index (χ2v) is 7.62. The third-order valence-corrected chi connectivity index (χ3v) is 5.75. The minimum Gasteiger partial charge on any atom is -0.257 e. The first-order valence-electron chi connectivity index (χ1n) is 8.55. The molecule has 1 fully saturated rings. The molecule has 112 valence electrons. The first-order valence-corrected chi connectivity index (χ1v) is 8.55. The fourth-order valence-corrected chi connectivity index (χ4v) is 4.17. The summed E-state index contributed by atoms with van der Waals surface area (Å²) in [6.07, 6.45) is 7.21. The highest BCUT2D eigenvalue weighted by Gasteiger charge is 2.50. The van der Waals surface area contributed by atoms with Crippen LogP contribution in [0.3, 0.4) is 0 Å². The molecule has 1 aromatic rings. The molecule has 0 saturated heterocycles. The summed E-state index contributed by atoms with van der Waals surface area (Å²) in [5.74, 6) is 2.84. The molecule has 0 spiro atoms. The van der Waals surface area contributed by atoms with Gasteiger partial charge < -0.3 is 0 Å². The highest BCUT2D eigenvalue weighted by atomic mass is 15.4. The molecule has 0 unspecified atom stereocenters. The Morgan fingerprint density at radius 3 is 2.57 bits per heavy atom. The van der Waals surface area contributed by atoms with Crippen LogP contribution < -0.4 is 0 Å². The first-order chi connectivity index (χ1) is 10.1. The molecule has 2 aliphatic carbocycles. The molecule has 1 heterocycles. The summed E-state index contributed by atoms with van der Waals surface area (Å²) in [7, 11) is 4.54. The average Bonchev–Trinajstić information content (AvgIpc) is 2.90. The molecule has 0 N–H and O–H groups in total. The maximum atomic E-state index is 4.43. The van der Waals surface area contributed by atoms with Gasteiger partial charge in [-0.25, -0.2) is 0 Å². The van der Waals surface area contributed by atoms with E-state index in [2.05, 4.69) is 57.0 Å². The number of aryl methyl sites for hydroxylation is 1. The molecule has 2 radical (unpaired) electrons. The summed E-state index contributed by atoms with van der Waals surface area (Å²) in [6.45, 7) is 9.06. The van der Waals surface area contributed by atoms with E-state index in [0.29, 0.717) is 5.31 Å².